The van der Waals surface area contributed by atoms with Gasteiger partial charge in [-0.05, 0) is 54.5 Å². The van der Waals surface area contributed by atoms with Gasteiger partial charge in [-0.25, -0.2) is 0 Å². The molecule has 0 radical (unpaired) electrons. The predicted octanol–water partition coefficient (Wildman–Crippen LogP) is 4.69. The first-order valence-corrected chi connectivity index (χ1v) is 8.38. The maximum Gasteiger partial charge on any atom is 0.573 e. The molecule has 0 saturated heterocycles. The molecule has 2 aromatic rings. The van der Waals surface area contributed by atoms with Crippen molar-refractivity contribution in [2.24, 2.45) is 10.4 Å². The summed E-state index contributed by atoms with van der Waals surface area (Å²) in [6.45, 7) is 0. The Morgan fingerprint density at radius 3 is 2.63 bits per heavy atom. The monoisotopic (exact) mass is 375 g/mol. The average molecular weight is 375 g/mol. The van der Waals surface area contributed by atoms with Crippen LogP contribution in [-0.2, 0) is 0 Å². The molecule has 1 aromatic carbocycles. The number of alkyl halides is 3. The SMILES string of the molecule is OC(c1ccc(OC(F)(F)F)cc1)C12C=CC(/C=C/c3ccco3)=NC1C2. The van der Waals surface area contributed by atoms with Gasteiger partial charge in [0.25, 0.3) is 0 Å². The molecule has 4 rings (SSSR count). The van der Waals surface area contributed by atoms with Crippen LogP contribution in [0.25, 0.3) is 6.08 Å². The lowest BCUT2D eigenvalue weighted by molar-refractivity contribution is -0.274. The van der Waals surface area contributed by atoms with Crippen LogP contribution < -0.4 is 4.74 Å². The number of hydrogen-bond acceptors (Lipinski definition) is 4. The van der Waals surface area contributed by atoms with Gasteiger partial charge < -0.3 is 14.3 Å². The lowest BCUT2D eigenvalue weighted by Gasteiger charge is -2.22. The summed E-state index contributed by atoms with van der Waals surface area (Å²) in [7, 11) is 0. The summed E-state index contributed by atoms with van der Waals surface area (Å²) in [5, 5.41) is 10.7. The lowest BCUT2D eigenvalue weighted by atomic mass is 9.90. The Morgan fingerprint density at radius 2 is 2.00 bits per heavy atom. The van der Waals surface area contributed by atoms with Gasteiger partial charge in [-0.2, -0.15) is 0 Å². The second-order valence-electron chi connectivity index (χ2n) is 6.59. The van der Waals surface area contributed by atoms with Crippen molar-refractivity contribution in [2.45, 2.75) is 24.9 Å². The van der Waals surface area contributed by atoms with E-state index < -0.39 is 17.9 Å². The molecule has 4 nitrogen and oxygen atoms in total. The summed E-state index contributed by atoms with van der Waals surface area (Å²) in [6.07, 6.45) is 4.11. The smallest absolute Gasteiger partial charge is 0.465 e. The molecule has 3 atom stereocenters. The molecule has 1 aromatic heterocycles. The fourth-order valence-electron chi connectivity index (χ4n) is 3.28. The van der Waals surface area contributed by atoms with Crippen LogP contribution in [0.15, 0.2) is 70.3 Å². The van der Waals surface area contributed by atoms with Crippen molar-refractivity contribution in [3.05, 3.63) is 72.2 Å². The molecule has 1 N–H and O–H groups in total. The molecule has 0 bridgehead atoms. The van der Waals surface area contributed by atoms with Crippen molar-refractivity contribution >= 4 is 11.8 Å². The van der Waals surface area contributed by atoms with E-state index in [4.69, 9.17) is 4.42 Å². The predicted molar refractivity (Wildman–Crippen MR) is 93.2 cm³/mol. The standard InChI is InChI=1S/C20H16F3NO3/c21-20(22,23)27-16-6-3-13(4-7-16)18(25)19-10-9-14(24-17(19)12-19)5-8-15-2-1-11-26-15/h1-11,17-18,25H,12H2/b8-5+. The number of hydrogen-bond donors (Lipinski definition) is 1. The highest BCUT2D eigenvalue weighted by Gasteiger charge is 2.59. The molecular formula is C20H16F3NO3. The first-order chi connectivity index (χ1) is 12.9. The Labute approximate surface area is 153 Å². The van der Waals surface area contributed by atoms with Gasteiger partial charge in [0.15, 0.2) is 0 Å². The molecule has 2 aliphatic rings. The number of aliphatic hydroxyl groups excluding tert-OH is 1. The van der Waals surface area contributed by atoms with E-state index in [1.807, 2.05) is 30.4 Å². The van der Waals surface area contributed by atoms with Crippen LogP contribution in [0.2, 0.25) is 0 Å². The van der Waals surface area contributed by atoms with Gasteiger partial charge in [-0.1, -0.05) is 18.2 Å². The van der Waals surface area contributed by atoms with Crippen molar-refractivity contribution in [1.29, 1.82) is 0 Å². The number of benzene rings is 1. The van der Waals surface area contributed by atoms with Crippen molar-refractivity contribution in [2.75, 3.05) is 0 Å². The van der Waals surface area contributed by atoms with E-state index in [0.717, 1.165) is 11.5 Å². The molecule has 3 unspecified atom stereocenters. The van der Waals surface area contributed by atoms with Crippen LogP contribution in [0, 0.1) is 5.41 Å². The quantitative estimate of drug-likeness (QED) is 0.825. The van der Waals surface area contributed by atoms with Crippen LogP contribution in [0.3, 0.4) is 0 Å². The largest absolute Gasteiger partial charge is 0.573 e. The molecule has 1 aliphatic heterocycles. The normalized spacial score (nSPS) is 25.2. The fraction of sp³-hybridized carbons (Fsp3) is 0.250. The number of aliphatic imine (C=N–C) groups is 1. The van der Waals surface area contributed by atoms with Gasteiger partial charge in [0.05, 0.1) is 24.1 Å². The van der Waals surface area contributed by atoms with E-state index >= 15 is 0 Å². The second-order valence-corrected chi connectivity index (χ2v) is 6.59. The van der Waals surface area contributed by atoms with Crippen LogP contribution in [0.1, 0.15) is 23.8 Å². The first kappa shape index (κ1) is 17.6. The van der Waals surface area contributed by atoms with Crippen LogP contribution in [0.5, 0.6) is 5.75 Å². The van der Waals surface area contributed by atoms with Gasteiger partial charge >= 0.3 is 6.36 Å². The third-order valence-electron chi connectivity index (χ3n) is 4.78. The zero-order valence-corrected chi connectivity index (χ0v) is 14.1. The Bertz CT molecular complexity index is 898. The third-order valence-corrected chi connectivity index (χ3v) is 4.78. The zero-order valence-electron chi connectivity index (χ0n) is 14.1. The minimum absolute atomic E-state index is 0.0557. The van der Waals surface area contributed by atoms with E-state index in [-0.39, 0.29) is 11.8 Å². The highest BCUT2D eigenvalue weighted by Crippen LogP contribution is 2.59. The van der Waals surface area contributed by atoms with Gasteiger partial charge in [0, 0.05) is 5.41 Å². The molecule has 0 spiro atoms. The topological polar surface area (TPSA) is 55.0 Å². The molecule has 0 amide bonds. The number of furan rings is 1. The Morgan fingerprint density at radius 1 is 1.22 bits per heavy atom. The van der Waals surface area contributed by atoms with Crippen molar-refractivity contribution < 1.29 is 27.4 Å². The Hall–Kier alpha value is -2.80. The van der Waals surface area contributed by atoms with Crippen molar-refractivity contribution in [1.82, 2.24) is 0 Å². The zero-order chi connectivity index (χ0) is 19.1. The van der Waals surface area contributed by atoms with Gasteiger partial charge in [0.1, 0.15) is 11.5 Å². The fourth-order valence-corrected chi connectivity index (χ4v) is 3.28. The van der Waals surface area contributed by atoms with E-state index in [0.29, 0.717) is 12.0 Å². The molecule has 1 fully saturated rings. The van der Waals surface area contributed by atoms with Crippen molar-refractivity contribution in [3.8, 4) is 5.75 Å². The molecule has 1 aliphatic carbocycles. The van der Waals surface area contributed by atoms with E-state index in [1.54, 1.807) is 12.3 Å². The van der Waals surface area contributed by atoms with Crippen LogP contribution in [0.4, 0.5) is 13.2 Å². The van der Waals surface area contributed by atoms with Gasteiger partial charge in [0.2, 0.25) is 0 Å². The Balaban J connectivity index is 1.44. The number of ether oxygens (including phenoxy) is 1. The number of allylic oxidation sites excluding steroid dienone is 2. The summed E-state index contributed by atoms with van der Waals surface area (Å²) in [6, 6.07) is 8.87. The number of rotatable bonds is 5. The first-order valence-electron chi connectivity index (χ1n) is 8.38. The average Bonchev–Trinajstić information content (AvgIpc) is 3.13. The maximum absolute atomic E-state index is 12.2. The summed E-state index contributed by atoms with van der Waals surface area (Å²) < 4.78 is 45.8. The van der Waals surface area contributed by atoms with E-state index in [9.17, 15) is 18.3 Å². The lowest BCUT2D eigenvalue weighted by Crippen LogP contribution is -2.19. The highest BCUT2D eigenvalue weighted by molar-refractivity contribution is 6.07. The van der Waals surface area contributed by atoms with E-state index in [2.05, 4.69) is 9.73 Å². The van der Waals surface area contributed by atoms with Gasteiger partial charge in [-0.15, -0.1) is 13.2 Å². The molecule has 140 valence electrons. The number of aliphatic hydroxyl groups is 1. The minimum atomic E-state index is -4.74. The minimum Gasteiger partial charge on any atom is -0.465 e. The van der Waals surface area contributed by atoms with Crippen LogP contribution >= 0.6 is 0 Å². The van der Waals surface area contributed by atoms with Gasteiger partial charge in [-0.3, -0.25) is 4.99 Å². The van der Waals surface area contributed by atoms with E-state index in [1.165, 1.54) is 24.3 Å². The Kier molecular flexibility index (Phi) is 4.19. The molecule has 1 saturated carbocycles. The molecule has 2 heterocycles. The maximum atomic E-state index is 12.2. The van der Waals surface area contributed by atoms with Crippen molar-refractivity contribution in [3.63, 3.8) is 0 Å². The summed E-state index contributed by atoms with van der Waals surface area (Å²) in [5.41, 5.74) is 0.807. The number of nitrogens with zero attached hydrogens (tertiary/aromatic N) is 1. The number of dihydropyridines is 1. The number of fused-ring (bicyclic) bond motifs is 1. The molecular weight excluding hydrogens is 359 g/mol. The summed E-state index contributed by atoms with van der Waals surface area (Å²) in [4.78, 5) is 4.61. The highest BCUT2D eigenvalue weighted by atomic mass is 19.4. The summed E-state index contributed by atoms with van der Waals surface area (Å²) in [5.74, 6) is 0.408. The molecule has 7 heteroatoms. The number of halogens is 3. The molecule has 27 heavy (non-hydrogen) atoms. The summed E-state index contributed by atoms with van der Waals surface area (Å²) >= 11 is 0. The third kappa shape index (κ3) is 3.68. The second kappa shape index (κ2) is 6.42. The van der Waals surface area contributed by atoms with Crippen LogP contribution in [-0.4, -0.2) is 23.2 Å².